The van der Waals surface area contributed by atoms with Crippen LogP contribution in [0.3, 0.4) is 0 Å². The lowest BCUT2D eigenvalue weighted by atomic mass is 9.98. The quantitative estimate of drug-likeness (QED) is 0.839. The van der Waals surface area contributed by atoms with Gasteiger partial charge in [0.1, 0.15) is 11.8 Å². The number of rotatable bonds is 5. The van der Waals surface area contributed by atoms with Gasteiger partial charge in [-0.15, -0.1) is 0 Å². The Morgan fingerprint density at radius 3 is 2.57 bits per heavy atom. The van der Waals surface area contributed by atoms with E-state index in [0.717, 1.165) is 30.7 Å². The second kappa shape index (κ2) is 8.59. The van der Waals surface area contributed by atoms with Crippen LogP contribution < -0.4 is 15.6 Å². The minimum absolute atomic E-state index is 0.129. The number of hydrazine groups is 1. The number of carbonyl (C=O) groups excluding carboxylic acids is 1. The summed E-state index contributed by atoms with van der Waals surface area (Å²) >= 11 is 0. The molecule has 0 radical (unpaired) electrons. The highest BCUT2D eigenvalue weighted by Gasteiger charge is 2.33. The molecular weight excluding hydrogens is 350 g/mol. The van der Waals surface area contributed by atoms with E-state index in [4.69, 9.17) is 4.74 Å². The minimum atomic E-state index is -0.191. The summed E-state index contributed by atoms with van der Waals surface area (Å²) in [5.41, 5.74) is 10.2. The van der Waals surface area contributed by atoms with E-state index in [-0.39, 0.29) is 18.0 Å². The Hall–Kier alpha value is -2.63. The van der Waals surface area contributed by atoms with Crippen molar-refractivity contribution in [2.75, 3.05) is 19.7 Å². The Morgan fingerprint density at radius 2 is 1.89 bits per heavy atom. The van der Waals surface area contributed by atoms with Crippen molar-refractivity contribution in [2.24, 2.45) is 0 Å². The Morgan fingerprint density at radius 1 is 1.11 bits per heavy atom. The van der Waals surface area contributed by atoms with Crippen molar-refractivity contribution in [3.63, 3.8) is 0 Å². The van der Waals surface area contributed by atoms with Crippen molar-refractivity contribution in [3.8, 4) is 5.75 Å². The maximum atomic E-state index is 12.9. The van der Waals surface area contributed by atoms with Crippen molar-refractivity contribution in [3.05, 3.63) is 71.8 Å². The summed E-state index contributed by atoms with van der Waals surface area (Å²) in [6, 6.07) is 18.4. The first-order valence-corrected chi connectivity index (χ1v) is 10.0. The fourth-order valence-corrected chi connectivity index (χ4v) is 3.90. The van der Waals surface area contributed by atoms with Crippen LogP contribution in [0.2, 0.25) is 0 Å². The molecule has 2 aromatic carbocycles. The third-order valence-electron chi connectivity index (χ3n) is 5.46. The van der Waals surface area contributed by atoms with Gasteiger partial charge in [-0.2, -0.15) is 0 Å². The molecule has 0 bridgehead atoms. The molecule has 1 saturated heterocycles. The van der Waals surface area contributed by atoms with Gasteiger partial charge in [-0.1, -0.05) is 48.5 Å². The van der Waals surface area contributed by atoms with Crippen LogP contribution in [-0.4, -0.2) is 36.5 Å². The Labute approximate surface area is 166 Å². The fourth-order valence-electron chi connectivity index (χ4n) is 3.90. The third-order valence-corrected chi connectivity index (χ3v) is 5.46. The van der Waals surface area contributed by atoms with Crippen molar-refractivity contribution in [1.29, 1.82) is 0 Å². The van der Waals surface area contributed by atoms with Crippen LogP contribution in [0.5, 0.6) is 5.75 Å². The normalized spacial score (nSPS) is 22.0. The van der Waals surface area contributed by atoms with Crippen molar-refractivity contribution in [1.82, 2.24) is 15.8 Å². The van der Waals surface area contributed by atoms with E-state index in [9.17, 15) is 4.79 Å². The van der Waals surface area contributed by atoms with Crippen LogP contribution in [0.1, 0.15) is 36.9 Å². The predicted molar refractivity (Wildman–Crippen MR) is 111 cm³/mol. The van der Waals surface area contributed by atoms with Crippen LogP contribution in [0, 0.1) is 0 Å². The number of carbonyl (C=O) groups is 1. The highest BCUT2D eigenvalue weighted by molar-refractivity contribution is 5.83. The van der Waals surface area contributed by atoms with Gasteiger partial charge in [0.05, 0.1) is 6.61 Å². The maximum Gasteiger partial charge on any atom is 0.241 e. The summed E-state index contributed by atoms with van der Waals surface area (Å²) < 4.78 is 5.50. The monoisotopic (exact) mass is 377 g/mol. The molecule has 0 aromatic heterocycles. The number of ether oxygens (including phenoxy) is 1. The number of benzene rings is 2. The van der Waals surface area contributed by atoms with Crippen LogP contribution in [0.15, 0.2) is 60.7 Å². The van der Waals surface area contributed by atoms with Gasteiger partial charge in [-0.25, -0.2) is 10.9 Å². The summed E-state index contributed by atoms with van der Waals surface area (Å²) in [5.74, 6) is 1.04. The molecule has 2 heterocycles. The molecule has 2 atom stereocenters. The molecule has 5 nitrogen and oxygen atoms in total. The molecule has 5 heteroatoms. The number of amides is 1. The number of hydrogen-bond acceptors (Lipinski definition) is 4. The van der Waals surface area contributed by atoms with Gasteiger partial charge in [0.2, 0.25) is 5.91 Å². The Bertz CT molecular complexity index is 833. The van der Waals surface area contributed by atoms with Gasteiger partial charge in [-0.05, 0) is 48.6 Å². The lowest BCUT2D eigenvalue weighted by Crippen LogP contribution is -2.46. The Kier molecular flexibility index (Phi) is 5.74. The molecule has 28 heavy (non-hydrogen) atoms. The zero-order valence-electron chi connectivity index (χ0n) is 16.2. The molecule has 0 spiro atoms. The van der Waals surface area contributed by atoms with Gasteiger partial charge < -0.3 is 9.64 Å². The van der Waals surface area contributed by atoms with Gasteiger partial charge in [0, 0.05) is 19.1 Å². The zero-order chi connectivity index (χ0) is 19.3. The van der Waals surface area contributed by atoms with E-state index >= 15 is 0 Å². The first-order chi connectivity index (χ1) is 13.7. The molecule has 146 valence electrons. The molecule has 0 aliphatic carbocycles. The molecule has 2 aliphatic rings. The minimum Gasteiger partial charge on any atom is -0.494 e. The summed E-state index contributed by atoms with van der Waals surface area (Å²) in [7, 11) is 0. The second-order valence-electron chi connectivity index (χ2n) is 7.26. The van der Waals surface area contributed by atoms with E-state index in [2.05, 4.69) is 53.3 Å². The maximum absolute atomic E-state index is 12.9. The highest BCUT2D eigenvalue weighted by Crippen LogP contribution is 2.27. The highest BCUT2D eigenvalue weighted by atomic mass is 16.5. The summed E-state index contributed by atoms with van der Waals surface area (Å²) in [6.45, 7) is 4.08. The zero-order valence-corrected chi connectivity index (χ0v) is 16.2. The molecular formula is C23H27N3O2. The third kappa shape index (κ3) is 4.11. The summed E-state index contributed by atoms with van der Waals surface area (Å²) in [6.07, 6.45) is 3.83. The molecule has 2 unspecified atom stereocenters. The molecule has 4 rings (SSSR count). The van der Waals surface area contributed by atoms with E-state index < -0.39 is 0 Å². The van der Waals surface area contributed by atoms with Gasteiger partial charge in [0.15, 0.2) is 0 Å². The van der Waals surface area contributed by atoms with E-state index in [1.165, 1.54) is 11.1 Å². The molecule has 2 aromatic rings. The fraction of sp³-hybridized carbons (Fsp3) is 0.348. The smallest absolute Gasteiger partial charge is 0.241 e. The van der Waals surface area contributed by atoms with Gasteiger partial charge in [-0.3, -0.25) is 4.79 Å². The Balaban J connectivity index is 1.34. The van der Waals surface area contributed by atoms with Gasteiger partial charge in [0.25, 0.3) is 0 Å². The molecule has 1 amide bonds. The summed E-state index contributed by atoms with van der Waals surface area (Å²) in [5, 5.41) is 0. The SMILES string of the molecule is CCOc1ccc(C2CC(C(=O)N3CC=C(c4ccccc4)CC3)NN2)cc1. The van der Waals surface area contributed by atoms with Crippen molar-refractivity contribution < 1.29 is 9.53 Å². The van der Waals surface area contributed by atoms with E-state index in [1.54, 1.807) is 0 Å². The number of nitrogens with one attached hydrogen (secondary N) is 2. The standard InChI is InChI=1S/C23H27N3O2/c1-2-28-20-10-8-19(9-11-20)21-16-22(25-24-21)23(27)26-14-12-18(13-15-26)17-6-4-3-5-7-17/h3-12,21-22,24-25H,2,13-16H2,1H3. The summed E-state index contributed by atoms with van der Waals surface area (Å²) in [4.78, 5) is 14.9. The van der Waals surface area contributed by atoms with E-state index in [1.807, 2.05) is 30.0 Å². The largest absolute Gasteiger partial charge is 0.494 e. The lowest BCUT2D eigenvalue weighted by molar-refractivity contribution is -0.132. The van der Waals surface area contributed by atoms with Crippen LogP contribution in [0.25, 0.3) is 5.57 Å². The topological polar surface area (TPSA) is 53.6 Å². The molecule has 1 fully saturated rings. The molecule has 0 saturated carbocycles. The number of hydrogen-bond donors (Lipinski definition) is 2. The first-order valence-electron chi connectivity index (χ1n) is 10.0. The lowest BCUT2D eigenvalue weighted by Gasteiger charge is -2.28. The second-order valence-corrected chi connectivity index (χ2v) is 7.26. The average Bonchev–Trinajstić information content (AvgIpc) is 3.25. The van der Waals surface area contributed by atoms with E-state index in [0.29, 0.717) is 13.2 Å². The van der Waals surface area contributed by atoms with Gasteiger partial charge >= 0.3 is 0 Å². The van der Waals surface area contributed by atoms with Crippen LogP contribution in [0.4, 0.5) is 0 Å². The van der Waals surface area contributed by atoms with Crippen molar-refractivity contribution in [2.45, 2.75) is 31.8 Å². The van der Waals surface area contributed by atoms with Crippen LogP contribution in [-0.2, 0) is 4.79 Å². The first kappa shape index (κ1) is 18.7. The average molecular weight is 377 g/mol. The molecule has 2 aliphatic heterocycles. The van der Waals surface area contributed by atoms with Crippen molar-refractivity contribution >= 4 is 11.5 Å². The number of nitrogens with zero attached hydrogens (tertiary/aromatic N) is 1. The molecule has 2 N–H and O–H groups in total. The predicted octanol–water partition coefficient (Wildman–Crippen LogP) is 3.31. The van der Waals surface area contributed by atoms with Crippen LogP contribution >= 0.6 is 0 Å².